The average Bonchev–Trinajstić information content (AvgIpc) is 2.99. The van der Waals surface area contributed by atoms with E-state index < -0.39 is 0 Å². The van der Waals surface area contributed by atoms with Crippen LogP contribution in [0.3, 0.4) is 0 Å². The molecule has 0 N–H and O–H groups in total. The molecule has 34 heavy (non-hydrogen) atoms. The number of fused-ring (bicyclic) bond motifs is 2. The minimum absolute atomic E-state index is 0.0258. The Balaban J connectivity index is 1.31. The summed E-state index contributed by atoms with van der Waals surface area (Å²) in [5.41, 5.74) is 3.40. The van der Waals surface area contributed by atoms with Crippen LogP contribution in [0.5, 0.6) is 0 Å². The molecule has 2 fully saturated rings. The van der Waals surface area contributed by atoms with E-state index in [9.17, 15) is 4.79 Å². The lowest BCUT2D eigenvalue weighted by molar-refractivity contribution is -0.160. The maximum atomic E-state index is 13.7. The van der Waals surface area contributed by atoms with Gasteiger partial charge in [0.15, 0.2) is 0 Å². The molecule has 3 aromatic carbocycles. The number of rotatable bonds is 7. The van der Waals surface area contributed by atoms with Crippen LogP contribution in [-0.4, -0.2) is 36.6 Å². The normalized spacial score (nSPS) is 22.8. The van der Waals surface area contributed by atoms with Crippen molar-refractivity contribution in [3.05, 3.63) is 108 Å². The van der Waals surface area contributed by atoms with Gasteiger partial charge in [-0.3, -0.25) is 4.79 Å². The van der Waals surface area contributed by atoms with Crippen LogP contribution in [0.25, 0.3) is 0 Å². The third-order valence-corrected chi connectivity index (χ3v) is 7.63. The number of hydrogen-bond donors (Lipinski definition) is 0. The standard InChI is InChI=1S/C31H35NO2/c33-31(29(25-14-6-2-7-15-25)26-16-8-3-9-17-26)34-30-27-18-10-11-19-28(30)23-32(22-27)21-20-24-12-4-1-5-13-24/h1-9,12-17,27-30H,10-11,18-23H2/t27-,28+,30?. The van der Waals surface area contributed by atoms with Crippen molar-refractivity contribution in [2.24, 2.45) is 11.8 Å². The van der Waals surface area contributed by atoms with Crippen LogP contribution in [0.15, 0.2) is 91.0 Å². The zero-order valence-corrected chi connectivity index (χ0v) is 19.9. The number of benzene rings is 3. The molecular weight excluding hydrogens is 418 g/mol. The molecule has 1 aliphatic heterocycles. The van der Waals surface area contributed by atoms with Gasteiger partial charge in [-0.25, -0.2) is 0 Å². The molecule has 0 aromatic heterocycles. The molecule has 176 valence electrons. The van der Waals surface area contributed by atoms with Crippen LogP contribution in [-0.2, 0) is 16.0 Å². The van der Waals surface area contributed by atoms with Crippen LogP contribution in [0.2, 0.25) is 0 Å². The topological polar surface area (TPSA) is 29.5 Å². The molecule has 3 atom stereocenters. The Morgan fingerprint density at radius 3 is 1.79 bits per heavy atom. The third kappa shape index (κ3) is 5.42. The lowest BCUT2D eigenvalue weighted by Crippen LogP contribution is -2.51. The first kappa shape index (κ1) is 22.9. The van der Waals surface area contributed by atoms with Gasteiger partial charge in [0, 0.05) is 31.5 Å². The molecule has 3 nitrogen and oxygen atoms in total. The Hall–Kier alpha value is -2.91. The van der Waals surface area contributed by atoms with E-state index in [0.29, 0.717) is 11.8 Å². The molecule has 0 radical (unpaired) electrons. The largest absolute Gasteiger partial charge is 0.461 e. The van der Waals surface area contributed by atoms with Crippen molar-refractivity contribution in [2.75, 3.05) is 19.6 Å². The summed E-state index contributed by atoms with van der Waals surface area (Å²) in [6.45, 7) is 3.14. The molecule has 3 aromatic rings. The molecule has 3 heteroatoms. The van der Waals surface area contributed by atoms with Gasteiger partial charge in [0.05, 0.1) is 0 Å². The minimum Gasteiger partial charge on any atom is -0.461 e. The van der Waals surface area contributed by atoms with E-state index in [-0.39, 0.29) is 18.0 Å². The smallest absolute Gasteiger partial charge is 0.318 e. The number of esters is 1. The van der Waals surface area contributed by atoms with Crippen molar-refractivity contribution in [2.45, 2.75) is 44.1 Å². The summed E-state index contributed by atoms with van der Waals surface area (Å²) in [6, 6.07) is 30.9. The summed E-state index contributed by atoms with van der Waals surface area (Å²) in [5, 5.41) is 0. The first-order valence-corrected chi connectivity index (χ1v) is 12.8. The number of carbonyl (C=O) groups is 1. The number of hydrogen-bond acceptors (Lipinski definition) is 3. The van der Waals surface area contributed by atoms with Crippen LogP contribution in [0.1, 0.15) is 48.3 Å². The Kier molecular flexibility index (Phi) is 7.40. The number of likely N-dealkylation sites (tertiary alicyclic amines) is 1. The summed E-state index contributed by atoms with van der Waals surface area (Å²) in [4.78, 5) is 16.3. The van der Waals surface area contributed by atoms with Gasteiger partial charge < -0.3 is 9.64 Å². The summed E-state index contributed by atoms with van der Waals surface area (Å²) in [5.74, 6) is 0.374. The van der Waals surface area contributed by atoms with Gasteiger partial charge in [0.2, 0.25) is 0 Å². The SMILES string of the molecule is O=C(OC1[C@@H]2CCCC[C@H]1CN(CCc1ccccc1)C2)C(c1ccccc1)c1ccccc1. The highest BCUT2D eigenvalue weighted by atomic mass is 16.5. The highest BCUT2D eigenvalue weighted by molar-refractivity contribution is 5.82. The fraction of sp³-hybridized carbons (Fsp3) is 0.387. The molecule has 1 saturated heterocycles. The van der Waals surface area contributed by atoms with E-state index >= 15 is 0 Å². The predicted molar refractivity (Wildman–Crippen MR) is 137 cm³/mol. The maximum Gasteiger partial charge on any atom is 0.318 e. The minimum atomic E-state index is -0.374. The van der Waals surface area contributed by atoms with Gasteiger partial charge in [0.25, 0.3) is 0 Å². The van der Waals surface area contributed by atoms with Crippen molar-refractivity contribution in [1.82, 2.24) is 4.90 Å². The van der Waals surface area contributed by atoms with E-state index in [0.717, 1.165) is 50.0 Å². The van der Waals surface area contributed by atoms with Crippen molar-refractivity contribution < 1.29 is 9.53 Å². The van der Waals surface area contributed by atoms with E-state index in [1.54, 1.807) is 0 Å². The molecule has 0 amide bonds. The molecule has 2 bridgehead atoms. The average molecular weight is 454 g/mol. The van der Waals surface area contributed by atoms with Crippen LogP contribution < -0.4 is 0 Å². The Bertz CT molecular complexity index is 981. The number of nitrogens with zero attached hydrogens (tertiary/aromatic N) is 1. The molecular formula is C31H35NO2. The Labute approximate surface area is 203 Å². The summed E-state index contributed by atoms with van der Waals surface area (Å²) in [6.07, 6.45) is 5.88. The zero-order chi connectivity index (χ0) is 23.2. The van der Waals surface area contributed by atoms with Gasteiger partial charge in [-0.15, -0.1) is 0 Å². The highest BCUT2D eigenvalue weighted by Crippen LogP contribution is 2.37. The van der Waals surface area contributed by atoms with Crippen molar-refractivity contribution in [1.29, 1.82) is 0 Å². The number of ether oxygens (including phenoxy) is 1. The molecule has 1 aliphatic carbocycles. The molecule has 5 rings (SSSR count). The zero-order valence-electron chi connectivity index (χ0n) is 19.9. The van der Waals surface area contributed by atoms with Crippen LogP contribution in [0.4, 0.5) is 0 Å². The Morgan fingerprint density at radius 1 is 0.765 bits per heavy atom. The summed E-state index contributed by atoms with van der Waals surface area (Å²) in [7, 11) is 0. The van der Waals surface area contributed by atoms with Crippen LogP contribution >= 0.6 is 0 Å². The van der Waals surface area contributed by atoms with E-state index in [1.165, 1.54) is 18.4 Å². The first-order valence-electron chi connectivity index (χ1n) is 12.8. The quantitative estimate of drug-likeness (QED) is 0.405. The van der Waals surface area contributed by atoms with Crippen molar-refractivity contribution >= 4 is 5.97 Å². The molecule has 1 saturated carbocycles. The summed E-state index contributed by atoms with van der Waals surface area (Å²) >= 11 is 0. The van der Waals surface area contributed by atoms with Gasteiger partial charge in [0.1, 0.15) is 12.0 Å². The second kappa shape index (κ2) is 11.0. The lowest BCUT2D eigenvalue weighted by atomic mass is 9.84. The van der Waals surface area contributed by atoms with Gasteiger partial charge in [-0.2, -0.15) is 0 Å². The molecule has 2 aliphatic rings. The Morgan fingerprint density at radius 2 is 1.26 bits per heavy atom. The molecule has 1 heterocycles. The predicted octanol–water partition coefficient (Wildman–Crippen LogP) is 6.10. The van der Waals surface area contributed by atoms with Crippen molar-refractivity contribution in [3.8, 4) is 0 Å². The van der Waals surface area contributed by atoms with Crippen molar-refractivity contribution in [3.63, 3.8) is 0 Å². The fourth-order valence-electron chi connectivity index (χ4n) is 5.92. The lowest BCUT2D eigenvalue weighted by Gasteiger charge is -2.42. The van der Waals surface area contributed by atoms with E-state index in [4.69, 9.17) is 4.74 Å². The van der Waals surface area contributed by atoms with E-state index in [2.05, 4.69) is 35.2 Å². The number of piperidine rings is 1. The van der Waals surface area contributed by atoms with Gasteiger partial charge in [-0.1, -0.05) is 104 Å². The second-order valence-corrected chi connectivity index (χ2v) is 9.96. The molecule has 0 spiro atoms. The highest BCUT2D eigenvalue weighted by Gasteiger charge is 2.41. The summed E-state index contributed by atoms with van der Waals surface area (Å²) < 4.78 is 6.45. The van der Waals surface area contributed by atoms with Crippen LogP contribution in [0, 0.1) is 11.8 Å². The second-order valence-electron chi connectivity index (χ2n) is 9.96. The van der Waals surface area contributed by atoms with Gasteiger partial charge in [-0.05, 0) is 36.0 Å². The third-order valence-electron chi connectivity index (χ3n) is 7.63. The monoisotopic (exact) mass is 453 g/mol. The number of carbonyl (C=O) groups excluding carboxylic acids is 1. The maximum absolute atomic E-state index is 13.7. The van der Waals surface area contributed by atoms with E-state index in [1.807, 2.05) is 60.7 Å². The molecule has 1 unspecified atom stereocenters. The first-order chi connectivity index (χ1) is 16.8. The fourth-order valence-corrected chi connectivity index (χ4v) is 5.92. The van der Waals surface area contributed by atoms with Gasteiger partial charge >= 0.3 is 5.97 Å².